The Labute approximate surface area is 121 Å². The second-order valence-electron chi connectivity index (χ2n) is 4.54. The fraction of sp³-hybridized carbons (Fsp3) is 0.429. The van der Waals surface area contributed by atoms with Gasteiger partial charge in [-0.3, -0.25) is 4.68 Å². The van der Waals surface area contributed by atoms with Crippen LogP contribution in [0.15, 0.2) is 28.9 Å². The summed E-state index contributed by atoms with van der Waals surface area (Å²) in [7, 11) is 0. The Morgan fingerprint density at radius 1 is 1.37 bits per heavy atom. The standard InChI is InChI=1S/C14H17BrFN3/c1-3-10(7-12-9-19(4-2)18-17-12)13-8-11(15)5-6-14(13)16/h5-6,8-10H,3-4,7H2,1-2H3. The van der Waals surface area contributed by atoms with Crippen molar-refractivity contribution in [1.82, 2.24) is 15.0 Å². The molecule has 102 valence electrons. The molecular weight excluding hydrogens is 309 g/mol. The normalized spacial score (nSPS) is 12.6. The van der Waals surface area contributed by atoms with Crippen LogP contribution in [0.2, 0.25) is 0 Å². The van der Waals surface area contributed by atoms with Crippen LogP contribution in [0.3, 0.4) is 0 Å². The molecule has 0 aliphatic rings. The van der Waals surface area contributed by atoms with Crippen LogP contribution in [0, 0.1) is 5.82 Å². The topological polar surface area (TPSA) is 30.7 Å². The van der Waals surface area contributed by atoms with Crippen LogP contribution in [0.25, 0.3) is 0 Å². The Kier molecular flexibility index (Phi) is 4.69. The van der Waals surface area contributed by atoms with Gasteiger partial charge in [-0.25, -0.2) is 4.39 Å². The summed E-state index contributed by atoms with van der Waals surface area (Å²) in [6, 6.07) is 5.08. The maximum absolute atomic E-state index is 13.9. The maximum atomic E-state index is 13.9. The number of rotatable bonds is 5. The zero-order valence-electron chi connectivity index (χ0n) is 11.1. The lowest BCUT2D eigenvalue weighted by molar-refractivity contribution is 0.561. The van der Waals surface area contributed by atoms with E-state index in [4.69, 9.17) is 0 Å². The number of halogens is 2. The summed E-state index contributed by atoms with van der Waals surface area (Å²) in [6.07, 6.45) is 3.51. The molecular formula is C14H17BrFN3. The van der Waals surface area contributed by atoms with E-state index in [9.17, 15) is 4.39 Å². The number of aryl methyl sites for hydroxylation is 1. The minimum absolute atomic E-state index is 0.125. The number of nitrogens with zero attached hydrogens (tertiary/aromatic N) is 3. The molecule has 0 aliphatic carbocycles. The smallest absolute Gasteiger partial charge is 0.126 e. The third-order valence-electron chi connectivity index (χ3n) is 3.26. The van der Waals surface area contributed by atoms with Crippen LogP contribution in [-0.2, 0) is 13.0 Å². The Balaban J connectivity index is 2.22. The van der Waals surface area contributed by atoms with Crippen molar-refractivity contribution >= 4 is 15.9 Å². The highest BCUT2D eigenvalue weighted by atomic mass is 79.9. The zero-order valence-corrected chi connectivity index (χ0v) is 12.7. The van der Waals surface area contributed by atoms with Crippen molar-refractivity contribution in [3.63, 3.8) is 0 Å². The molecule has 0 radical (unpaired) electrons. The first kappa shape index (κ1) is 14.2. The van der Waals surface area contributed by atoms with Gasteiger partial charge in [-0.2, -0.15) is 0 Å². The summed E-state index contributed by atoms with van der Waals surface area (Å²) in [6.45, 7) is 4.88. The van der Waals surface area contributed by atoms with E-state index < -0.39 is 0 Å². The molecule has 0 aliphatic heterocycles. The highest BCUT2D eigenvalue weighted by molar-refractivity contribution is 9.10. The Morgan fingerprint density at radius 2 is 2.16 bits per heavy atom. The van der Waals surface area contributed by atoms with Gasteiger partial charge in [-0.15, -0.1) is 5.10 Å². The van der Waals surface area contributed by atoms with Crippen molar-refractivity contribution in [2.45, 2.75) is 39.2 Å². The summed E-state index contributed by atoms with van der Waals surface area (Å²) < 4.78 is 16.6. The van der Waals surface area contributed by atoms with E-state index in [2.05, 4.69) is 33.2 Å². The van der Waals surface area contributed by atoms with Gasteiger partial charge in [0, 0.05) is 23.6 Å². The minimum atomic E-state index is -0.155. The SMILES string of the molecule is CCC(Cc1cn(CC)nn1)c1cc(Br)ccc1F. The molecule has 1 atom stereocenters. The molecule has 2 rings (SSSR count). The van der Waals surface area contributed by atoms with Gasteiger partial charge in [0.1, 0.15) is 5.82 Å². The molecule has 1 aromatic heterocycles. The first-order chi connectivity index (χ1) is 9.13. The molecule has 0 fully saturated rings. The first-order valence-corrected chi connectivity index (χ1v) is 7.27. The Bertz CT molecular complexity index is 553. The molecule has 1 unspecified atom stereocenters. The monoisotopic (exact) mass is 325 g/mol. The third-order valence-corrected chi connectivity index (χ3v) is 3.75. The number of hydrogen-bond acceptors (Lipinski definition) is 2. The minimum Gasteiger partial charge on any atom is -0.253 e. The van der Waals surface area contributed by atoms with Gasteiger partial charge >= 0.3 is 0 Å². The second kappa shape index (κ2) is 6.28. The molecule has 1 heterocycles. The highest BCUT2D eigenvalue weighted by Gasteiger charge is 2.16. The largest absolute Gasteiger partial charge is 0.253 e. The number of aromatic nitrogens is 3. The number of hydrogen-bond donors (Lipinski definition) is 0. The highest BCUT2D eigenvalue weighted by Crippen LogP contribution is 2.28. The molecule has 0 bridgehead atoms. The van der Waals surface area contributed by atoms with E-state index in [1.807, 2.05) is 19.2 Å². The van der Waals surface area contributed by atoms with Crippen LogP contribution in [0.5, 0.6) is 0 Å². The summed E-state index contributed by atoms with van der Waals surface area (Å²) >= 11 is 3.40. The first-order valence-electron chi connectivity index (χ1n) is 6.48. The van der Waals surface area contributed by atoms with E-state index in [0.717, 1.165) is 28.7 Å². The molecule has 0 amide bonds. The van der Waals surface area contributed by atoms with Crippen LogP contribution in [0.4, 0.5) is 4.39 Å². The van der Waals surface area contributed by atoms with E-state index >= 15 is 0 Å². The van der Waals surface area contributed by atoms with Gasteiger partial charge in [0.25, 0.3) is 0 Å². The van der Waals surface area contributed by atoms with Crippen molar-refractivity contribution in [3.8, 4) is 0 Å². The zero-order chi connectivity index (χ0) is 13.8. The molecule has 0 N–H and O–H groups in total. The fourth-order valence-electron chi connectivity index (χ4n) is 2.14. The molecule has 5 heteroatoms. The Hall–Kier alpha value is -1.23. The van der Waals surface area contributed by atoms with E-state index in [1.165, 1.54) is 6.07 Å². The van der Waals surface area contributed by atoms with Crippen LogP contribution < -0.4 is 0 Å². The molecule has 19 heavy (non-hydrogen) atoms. The summed E-state index contributed by atoms with van der Waals surface area (Å²) in [5.41, 5.74) is 1.65. The summed E-state index contributed by atoms with van der Waals surface area (Å²) in [5.74, 6) is -0.0301. The lowest BCUT2D eigenvalue weighted by Crippen LogP contribution is -2.05. The predicted molar refractivity (Wildman–Crippen MR) is 76.5 cm³/mol. The van der Waals surface area contributed by atoms with E-state index in [1.54, 1.807) is 10.7 Å². The van der Waals surface area contributed by atoms with Gasteiger partial charge in [0.2, 0.25) is 0 Å². The van der Waals surface area contributed by atoms with Crippen LogP contribution in [-0.4, -0.2) is 15.0 Å². The average molecular weight is 326 g/mol. The van der Waals surface area contributed by atoms with Crippen molar-refractivity contribution in [2.24, 2.45) is 0 Å². The van der Waals surface area contributed by atoms with Gasteiger partial charge in [-0.1, -0.05) is 28.1 Å². The van der Waals surface area contributed by atoms with Gasteiger partial charge in [-0.05, 0) is 43.0 Å². The van der Waals surface area contributed by atoms with E-state index in [0.29, 0.717) is 6.42 Å². The van der Waals surface area contributed by atoms with Gasteiger partial charge < -0.3 is 0 Å². The average Bonchev–Trinajstić information content (AvgIpc) is 2.87. The van der Waals surface area contributed by atoms with E-state index in [-0.39, 0.29) is 11.7 Å². The molecule has 3 nitrogen and oxygen atoms in total. The lowest BCUT2D eigenvalue weighted by Gasteiger charge is -2.15. The second-order valence-corrected chi connectivity index (χ2v) is 5.46. The third kappa shape index (κ3) is 3.41. The molecule has 2 aromatic rings. The lowest BCUT2D eigenvalue weighted by atomic mass is 9.92. The maximum Gasteiger partial charge on any atom is 0.126 e. The molecule has 1 aromatic carbocycles. The van der Waals surface area contributed by atoms with Crippen molar-refractivity contribution in [1.29, 1.82) is 0 Å². The fourth-order valence-corrected chi connectivity index (χ4v) is 2.52. The number of benzene rings is 1. The van der Waals surface area contributed by atoms with Crippen molar-refractivity contribution < 1.29 is 4.39 Å². The molecule has 0 spiro atoms. The summed E-state index contributed by atoms with van der Waals surface area (Å²) in [4.78, 5) is 0. The predicted octanol–water partition coefficient (Wildman–Crippen LogP) is 3.94. The van der Waals surface area contributed by atoms with Crippen LogP contribution in [0.1, 0.15) is 37.4 Å². The summed E-state index contributed by atoms with van der Waals surface area (Å²) in [5, 5.41) is 8.15. The Morgan fingerprint density at radius 3 is 2.79 bits per heavy atom. The van der Waals surface area contributed by atoms with Gasteiger partial charge in [0.15, 0.2) is 0 Å². The quantitative estimate of drug-likeness (QED) is 0.833. The molecule has 0 saturated carbocycles. The van der Waals surface area contributed by atoms with Crippen molar-refractivity contribution in [2.75, 3.05) is 0 Å². The molecule has 0 saturated heterocycles. The van der Waals surface area contributed by atoms with Crippen molar-refractivity contribution in [3.05, 3.63) is 45.9 Å². The van der Waals surface area contributed by atoms with Gasteiger partial charge in [0.05, 0.1) is 5.69 Å². The van der Waals surface area contributed by atoms with Crippen LogP contribution >= 0.6 is 15.9 Å².